The van der Waals surface area contributed by atoms with Gasteiger partial charge in [-0.1, -0.05) is 68.9 Å². The van der Waals surface area contributed by atoms with E-state index in [1.807, 2.05) is 54.0 Å². The molecule has 1 heterocycles. The summed E-state index contributed by atoms with van der Waals surface area (Å²) < 4.78 is 7.92. The Balaban J connectivity index is 1.50. The Hall–Kier alpha value is -3.06. The molecule has 0 aliphatic carbocycles. The SMILES string of the molecule is C=CCn1c(CCCOc2ccc(C(C)(C)C)cc2)nnc1SCC(=O)Nc1ccccc1C. The number of rotatable bonds is 11. The zero-order chi connectivity index (χ0) is 24.6. The van der Waals surface area contributed by atoms with Crippen LogP contribution in [0, 0.1) is 6.92 Å². The quantitative estimate of drug-likeness (QED) is 0.214. The van der Waals surface area contributed by atoms with Crippen LogP contribution in [-0.2, 0) is 23.2 Å². The van der Waals surface area contributed by atoms with Gasteiger partial charge in [0.2, 0.25) is 5.91 Å². The zero-order valence-electron chi connectivity index (χ0n) is 20.5. The van der Waals surface area contributed by atoms with Crippen LogP contribution < -0.4 is 10.1 Å². The molecule has 1 amide bonds. The van der Waals surface area contributed by atoms with Crippen LogP contribution in [0.25, 0.3) is 0 Å². The molecule has 180 valence electrons. The van der Waals surface area contributed by atoms with Crippen molar-refractivity contribution in [2.45, 2.75) is 57.7 Å². The Labute approximate surface area is 206 Å². The molecule has 34 heavy (non-hydrogen) atoms. The van der Waals surface area contributed by atoms with Crippen LogP contribution in [0.3, 0.4) is 0 Å². The van der Waals surface area contributed by atoms with E-state index >= 15 is 0 Å². The van der Waals surface area contributed by atoms with Crippen LogP contribution in [0.4, 0.5) is 5.69 Å². The molecule has 3 rings (SSSR count). The standard InChI is InChI=1S/C27H34N4O2S/c1-6-17-31-24(12-9-18-33-22-15-13-21(14-16-22)27(3,4)5)29-30-26(31)34-19-25(32)28-23-11-8-7-10-20(23)2/h6-8,10-11,13-16H,1,9,12,17-19H2,2-5H3,(H,28,32). The highest BCUT2D eigenvalue weighted by Gasteiger charge is 2.15. The Bertz CT molecular complexity index is 1100. The summed E-state index contributed by atoms with van der Waals surface area (Å²) in [6.07, 6.45) is 3.36. The van der Waals surface area contributed by atoms with E-state index in [0.29, 0.717) is 18.3 Å². The lowest BCUT2D eigenvalue weighted by atomic mass is 9.87. The van der Waals surface area contributed by atoms with Gasteiger partial charge in [0.15, 0.2) is 5.16 Å². The van der Waals surface area contributed by atoms with Gasteiger partial charge in [-0.15, -0.1) is 16.8 Å². The summed E-state index contributed by atoms with van der Waals surface area (Å²) in [7, 11) is 0. The number of carbonyl (C=O) groups is 1. The summed E-state index contributed by atoms with van der Waals surface area (Å²) in [6.45, 7) is 13.6. The van der Waals surface area contributed by atoms with Crippen molar-refractivity contribution in [3.05, 3.63) is 78.1 Å². The third kappa shape index (κ3) is 7.22. The van der Waals surface area contributed by atoms with Crippen molar-refractivity contribution in [2.24, 2.45) is 0 Å². The first-order valence-electron chi connectivity index (χ1n) is 11.5. The van der Waals surface area contributed by atoms with Crippen molar-refractivity contribution in [3.63, 3.8) is 0 Å². The smallest absolute Gasteiger partial charge is 0.234 e. The highest BCUT2D eigenvalue weighted by Crippen LogP contribution is 2.24. The molecule has 0 radical (unpaired) electrons. The fraction of sp³-hybridized carbons (Fsp3) is 0.370. The molecule has 0 spiro atoms. The first kappa shape index (κ1) is 25.6. The van der Waals surface area contributed by atoms with Gasteiger partial charge in [0.05, 0.1) is 12.4 Å². The average Bonchev–Trinajstić information content (AvgIpc) is 3.18. The van der Waals surface area contributed by atoms with Crippen LogP contribution in [-0.4, -0.2) is 33.0 Å². The number of carbonyl (C=O) groups excluding carboxylic acids is 1. The number of aryl methyl sites for hydroxylation is 2. The normalized spacial score (nSPS) is 11.3. The Morgan fingerprint density at radius 2 is 1.88 bits per heavy atom. The molecule has 0 saturated carbocycles. The van der Waals surface area contributed by atoms with Gasteiger partial charge in [0.25, 0.3) is 0 Å². The Morgan fingerprint density at radius 1 is 1.15 bits per heavy atom. The molecule has 0 saturated heterocycles. The van der Waals surface area contributed by atoms with Gasteiger partial charge in [-0.05, 0) is 48.1 Å². The maximum Gasteiger partial charge on any atom is 0.234 e. The number of aromatic nitrogens is 3. The van der Waals surface area contributed by atoms with Crippen molar-refractivity contribution in [1.82, 2.24) is 14.8 Å². The fourth-order valence-electron chi connectivity index (χ4n) is 3.42. The molecule has 7 heteroatoms. The number of ether oxygens (including phenoxy) is 1. The van der Waals surface area contributed by atoms with Crippen molar-refractivity contribution in [3.8, 4) is 5.75 Å². The van der Waals surface area contributed by atoms with Crippen LogP contribution in [0.2, 0.25) is 0 Å². The van der Waals surface area contributed by atoms with Gasteiger partial charge < -0.3 is 14.6 Å². The lowest BCUT2D eigenvalue weighted by Gasteiger charge is -2.19. The van der Waals surface area contributed by atoms with Crippen LogP contribution >= 0.6 is 11.8 Å². The van der Waals surface area contributed by atoms with E-state index in [1.165, 1.54) is 17.3 Å². The van der Waals surface area contributed by atoms with E-state index in [-0.39, 0.29) is 17.1 Å². The van der Waals surface area contributed by atoms with Crippen LogP contribution in [0.1, 0.15) is 44.1 Å². The third-order valence-electron chi connectivity index (χ3n) is 5.39. The fourth-order valence-corrected chi connectivity index (χ4v) is 4.19. The molecule has 0 unspecified atom stereocenters. The summed E-state index contributed by atoms with van der Waals surface area (Å²) in [6, 6.07) is 16.0. The molecule has 1 N–H and O–H groups in total. The molecular weight excluding hydrogens is 444 g/mol. The van der Waals surface area contributed by atoms with E-state index < -0.39 is 0 Å². The lowest BCUT2D eigenvalue weighted by Crippen LogP contribution is -2.15. The van der Waals surface area contributed by atoms with Crippen molar-refractivity contribution < 1.29 is 9.53 Å². The molecule has 3 aromatic rings. The summed E-state index contributed by atoms with van der Waals surface area (Å²) in [5.41, 5.74) is 3.28. The number of anilines is 1. The number of hydrogen-bond acceptors (Lipinski definition) is 5. The molecule has 0 atom stereocenters. The number of hydrogen-bond donors (Lipinski definition) is 1. The van der Waals surface area contributed by atoms with Gasteiger partial charge >= 0.3 is 0 Å². The van der Waals surface area contributed by atoms with Crippen molar-refractivity contribution in [2.75, 3.05) is 17.7 Å². The molecule has 6 nitrogen and oxygen atoms in total. The maximum atomic E-state index is 12.4. The first-order valence-corrected chi connectivity index (χ1v) is 12.5. The average molecular weight is 479 g/mol. The molecule has 0 fully saturated rings. The topological polar surface area (TPSA) is 69.0 Å². The third-order valence-corrected chi connectivity index (χ3v) is 6.36. The number of nitrogens with zero attached hydrogens (tertiary/aromatic N) is 3. The molecular formula is C27H34N4O2S. The minimum absolute atomic E-state index is 0.0696. The predicted octanol–water partition coefficient (Wildman–Crippen LogP) is 5.81. The minimum Gasteiger partial charge on any atom is -0.494 e. The van der Waals surface area contributed by atoms with Gasteiger partial charge in [-0.2, -0.15) is 0 Å². The Morgan fingerprint density at radius 3 is 2.56 bits per heavy atom. The van der Waals surface area contributed by atoms with Gasteiger partial charge in [0, 0.05) is 18.7 Å². The number of nitrogens with one attached hydrogen (secondary N) is 1. The van der Waals surface area contributed by atoms with Crippen molar-refractivity contribution in [1.29, 1.82) is 0 Å². The van der Waals surface area contributed by atoms with E-state index in [0.717, 1.165) is 35.7 Å². The Kier molecular flexibility index (Phi) is 8.93. The lowest BCUT2D eigenvalue weighted by molar-refractivity contribution is -0.113. The van der Waals surface area contributed by atoms with Crippen molar-refractivity contribution >= 4 is 23.4 Å². The van der Waals surface area contributed by atoms with Crippen LogP contribution in [0.5, 0.6) is 5.75 Å². The van der Waals surface area contributed by atoms with Crippen LogP contribution in [0.15, 0.2) is 66.3 Å². The molecule has 0 bridgehead atoms. The van der Waals surface area contributed by atoms with Gasteiger partial charge in [-0.3, -0.25) is 4.79 Å². The monoisotopic (exact) mass is 478 g/mol. The molecule has 0 aliphatic heterocycles. The second-order valence-corrected chi connectivity index (χ2v) is 10.1. The highest BCUT2D eigenvalue weighted by molar-refractivity contribution is 7.99. The summed E-state index contributed by atoms with van der Waals surface area (Å²) in [5, 5.41) is 12.3. The number of benzene rings is 2. The molecule has 0 aliphatic rings. The summed E-state index contributed by atoms with van der Waals surface area (Å²) >= 11 is 1.38. The molecule has 2 aromatic carbocycles. The number of thioether (sulfide) groups is 1. The van der Waals surface area contributed by atoms with E-state index in [2.05, 4.69) is 55.0 Å². The minimum atomic E-state index is -0.0696. The van der Waals surface area contributed by atoms with Gasteiger partial charge in [-0.25, -0.2) is 0 Å². The highest BCUT2D eigenvalue weighted by atomic mass is 32.2. The molecule has 1 aromatic heterocycles. The maximum absolute atomic E-state index is 12.4. The van der Waals surface area contributed by atoms with E-state index in [1.54, 1.807) is 0 Å². The summed E-state index contributed by atoms with van der Waals surface area (Å²) in [4.78, 5) is 12.4. The van der Waals surface area contributed by atoms with Gasteiger partial charge in [0.1, 0.15) is 11.6 Å². The second-order valence-electron chi connectivity index (χ2n) is 9.18. The second kappa shape index (κ2) is 11.9. The number of allylic oxidation sites excluding steroid dienone is 1. The zero-order valence-corrected chi connectivity index (χ0v) is 21.3. The van der Waals surface area contributed by atoms with E-state index in [4.69, 9.17) is 4.74 Å². The first-order chi connectivity index (χ1) is 16.3. The van der Waals surface area contributed by atoms with E-state index in [9.17, 15) is 4.79 Å². The number of amides is 1. The largest absolute Gasteiger partial charge is 0.494 e. The predicted molar refractivity (Wildman–Crippen MR) is 140 cm³/mol. The number of para-hydroxylation sites is 1. The summed E-state index contributed by atoms with van der Waals surface area (Å²) in [5.74, 6) is 1.93.